The molecule has 0 unspecified atom stereocenters. The number of hydrogen-bond donors (Lipinski definition) is 2. The van der Waals surface area contributed by atoms with Crippen LogP contribution < -0.4 is 10.6 Å². The summed E-state index contributed by atoms with van der Waals surface area (Å²) in [6.45, 7) is 0.535. The first kappa shape index (κ1) is 14.7. The predicted molar refractivity (Wildman–Crippen MR) is 85.4 cm³/mol. The molecule has 5 nitrogen and oxygen atoms in total. The Morgan fingerprint density at radius 2 is 2.18 bits per heavy atom. The van der Waals surface area contributed by atoms with Crippen molar-refractivity contribution in [2.24, 2.45) is 0 Å². The lowest BCUT2D eigenvalue weighted by atomic mass is 10.2. The summed E-state index contributed by atoms with van der Waals surface area (Å²) in [4.78, 5) is 27.5. The number of nitrogens with one attached hydrogen (secondary N) is 2. The second-order valence-electron chi connectivity index (χ2n) is 5.19. The van der Waals surface area contributed by atoms with Gasteiger partial charge in [0.15, 0.2) is 0 Å². The maximum Gasteiger partial charge on any atom is 0.242 e. The zero-order chi connectivity index (χ0) is 15.4. The van der Waals surface area contributed by atoms with Crippen LogP contribution in [0.25, 0.3) is 11.3 Å². The SMILES string of the molecule is O=C1CC[C@@H](C(=O)NCCc2nc(-c3ccccc3)cs2)N1. The van der Waals surface area contributed by atoms with Crippen molar-refractivity contribution >= 4 is 23.2 Å². The van der Waals surface area contributed by atoms with Crippen LogP contribution in [0.5, 0.6) is 0 Å². The lowest BCUT2D eigenvalue weighted by Crippen LogP contribution is -2.42. The van der Waals surface area contributed by atoms with E-state index in [2.05, 4.69) is 15.6 Å². The Morgan fingerprint density at radius 1 is 1.36 bits per heavy atom. The molecule has 2 amide bonds. The van der Waals surface area contributed by atoms with Gasteiger partial charge in [-0.3, -0.25) is 9.59 Å². The summed E-state index contributed by atoms with van der Waals surface area (Å²) in [5, 5.41) is 8.55. The highest BCUT2D eigenvalue weighted by Crippen LogP contribution is 2.21. The maximum atomic E-state index is 11.9. The number of hydrogen-bond acceptors (Lipinski definition) is 4. The van der Waals surface area contributed by atoms with Crippen LogP contribution in [0.1, 0.15) is 17.8 Å². The van der Waals surface area contributed by atoms with Crippen LogP contribution in [0, 0.1) is 0 Å². The molecule has 1 aromatic heterocycles. The molecule has 6 heteroatoms. The van der Waals surface area contributed by atoms with Crippen molar-refractivity contribution in [2.45, 2.75) is 25.3 Å². The molecule has 2 N–H and O–H groups in total. The van der Waals surface area contributed by atoms with E-state index >= 15 is 0 Å². The molecule has 114 valence electrons. The first-order valence-electron chi connectivity index (χ1n) is 7.29. The van der Waals surface area contributed by atoms with Crippen molar-refractivity contribution in [3.05, 3.63) is 40.7 Å². The predicted octanol–water partition coefficient (Wildman–Crippen LogP) is 1.75. The van der Waals surface area contributed by atoms with Crippen molar-refractivity contribution in [3.8, 4) is 11.3 Å². The molecule has 3 rings (SSSR count). The van der Waals surface area contributed by atoms with E-state index in [4.69, 9.17) is 0 Å². The average molecular weight is 315 g/mol. The Morgan fingerprint density at radius 3 is 2.91 bits per heavy atom. The highest BCUT2D eigenvalue weighted by molar-refractivity contribution is 7.09. The minimum atomic E-state index is -0.372. The van der Waals surface area contributed by atoms with Gasteiger partial charge >= 0.3 is 0 Å². The molecule has 1 fully saturated rings. The Hall–Kier alpha value is -2.21. The van der Waals surface area contributed by atoms with Gasteiger partial charge in [0, 0.05) is 30.3 Å². The van der Waals surface area contributed by atoms with Crippen LogP contribution in [0.2, 0.25) is 0 Å². The summed E-state index contributed by atoms with van der Waals surface area (Å²) in [7, 11) is 0. The summed E-state index contributed by atoms with van der Waals surface area (Å²) >= 11 is 1.60. The van der Waals surface area contributed by atoms with Gasteiger partial charge in [0.05, 0.1) is 10.7 Å². The van der Waals surface area contributed by atoms with Crippen molar-refractivity contribution in [1.29, 1.82) is 0 Å². The smallest absolute Gasteiger partial charge is 0.242 e. The second kappa shape index (κ2) is 6.70. The molecule has 0 spiro atoms. The van der Waals surface area contributed by atoms with Gasteiger partial charge < -0.3 is 10.6 Å². The van der Waals surface area contributed by atoms with E-state index in [-0.39, 0.29) is 17.9 Å². The van der Waals surface area contributed by atoms with Crippen LogP contribution in [0.15, 0.2) is 35.7 Å². The molecule has 0 radical (unpaired) electrons. The molecule has 1 atom stereocenters. The van der Waals surface area contributed by atoms with Crippen molar-refractivity contribution in [3.63, 3.8) is 0 Å². The van der Waals surface area contributed by atoms with E-state index in [1.165, 1.54) is 0 Å². The fourth-order valence-corrected chi connectivity index (χ4v) is 3.20. The van der Waals surface area contributed by atoms with Gasteiger partial charge in [-0.05, 0) is 6.42 Å². The fourth-order valence-electron chi connectivity index (χ4n) is 2.39. The largest absolute Gasteiger partial charge is 0.354 e. The van der Waals surface area contributed by atoms with Crippen molar-refractivity contribution < 1.29 is 9.59 Å². The van der Waals surface area contributed by atoms with E-state index in [0.29, 0.717) is 25.8 Å². The number of carbonyl (C=O) groups is 2. The standard InChI is InChI=1S/C16H17N3O2S/c20-14-7-6-12(18-14)16(21)17-9-8-15-19-13(10-22-15)11-4-2-1-3-5-11/h1-5,10,12H,6-9H2,(H,17,21)(H,18,20)/t12-/m0/s1. The molecule has 2 aromatic rings. The van der Waals surface area contributed by atoms with Crippen LogP contribution in [-0.4, -0.2) is 29.4 Å². The molecular weight excluding hydrogens is 298 g/mol. The topological polar surface area (TPSA) is 71.1 Å². The Labute approximate surface area is 132 Å². The quantitative estimate of drug-likeness (QED) is 0.883. The van der Waals surface area contributed by atoms with Crippen molar-refractivity contribution in [2.75, 3.05) is 6.54 Å². The first-order chi connectivity index (χ1) is 10.7. The summed E-state index contributed by atoms with van der Waals surface area (Å²) in [6.07, 6.45) is 1.72. The number of rotatable bonds is 5. The number of thiazole rings is 1. The fraction of sp³-hybridized carbons (Fsp3) is 0.312. The normalized spacial score (nSPS) is 17.3. The monoisotopic (exact) mass is 315 g/mol. The number of nitrogens with zero attached hydrogens (tertiary/aromatic N) is 1. The van der Waals surface area contributed by atoms with Gasteiger partial charge in [-0.2, -0.15) is 0 Å². The lowest BCUT2D eigenvalue weighted by molar-refractivity contribution is -0.125. The van der Waals surface area contributed by atoms with Gasteiger partial charge in [-0.25, -0.2) is 4.98 Å². The number of amides is 2. The van der Waals surface area contributed by atoms with E-state index in [0.717, 1.165) is 16.3 Å². The van der Waals surface area contributed by atoms with E-state index in [1.807, 2.05) is 35.7 Å². The minimum absolute atomic E-state index is 0.0485. The van der Waals surface area contributed by atoms with Crippen LogP contribution in [-0.2, 0) is 16.0 Å². The van der Waals surface area contributed by atoms with E-state index < -0.39 is 0 Å². The molecule has 1 saturated heterocycles. The Kier molecular flexibility index (Phi) is 4.48. The Bertz CT molecular complexity index is 669. The van der Waals surface area contributed by atoms with Gasteiger partial charge in [-0.15, -0.1) is 11.3 Å². The first-order valence-corrected chi connectivity index (χ1v) is 8.17. The summed E-state index contributed by atoms with van der Waals surface area (Å²) in [5.74, 6) is -0.154. The maximum absolute atomic E-state index is 11.9. The molecule has 1 aromatic carbocycles. The van der Waals surface area contributed by atoms with Gasteiger partial charge in [0.25, 0.3) is 0 Å². The zero-order valence-corrected chi connectivity index (χ0v) is 12.9. The molecule has 0 aliphatic carbocycles. The van der Waals surface area contributed by atoms with Gasteiger partial charge in [0.2, 0.25) is 11.8 Å². The van der Waals surface area contributed by atoms with Crippen molar-refractivity contribution in [1.82, 2.24) is 15.6 Å². The molecule has 22 heavy (non-hydrogen) atoms. The third kappa shape index (κ3) is 3.51. The molecule has 0 saturated carbocycles. The Balaban J connectivity index is 1.49. The molecule has 1 aliphatic heterocycles. The van der Waals surface area contributed by atoms with Gasteiger partial charge in [-0.1, -0.05) is 30.3 Å². The third-order valence-electron chi connectivity index (χ3n) is 3.57. The number of carbonyl (C=O) groups excluding carboxylic acids is 2. The van der Waals surface area contributed by atoms with Gasteiger partial charge in [0.1, 0.15) is 6.04 Å². The second-order valence-corrected chi connectivity index (χ2v) is 6.13. The van der Waals surface area contributed by atoms with Crippen LogP contribution in [0.4, 0.5) is 0 Å². The highest BCUT2D eigenvalue weighted by Gasteiger charge is 2.26. The van der Waals surface area contributed by atoms with E-state index in [1.54, 1.807) is 11.3 Å². The molecule has 0 bridgehead atoms. The van der Waals surface area contributed by atoms with Crippen LogP contribution >= 0.6 is 11.3 Å². The lowest BCUT2D eigenvalue weighted by Gasteiger charge is -2.09. The average Bonchev–Trinajstić information content (AvgIpc) is 3.17. The van der Waals surface area contributed by atoms with Crippen LogP contribution in [0.3, 0.4) is 0 Å². The number of aromatic nitrogens is 1. The summed E-state index contributed by atoms with van der Waals surface area (Å²) in [5.41, 5.74) is 2.07. The molecule has 1 aliphatic rings. The highest BCUT2D eigenvalue weighted by atomic mass is 32.1. The number of benzene rings is 1. The zero-order valence-electron chi connectivity index (χ0n) is 12.0. The molecular formula is C16H17N3O2S. The molecule has 2 heterocycles. The summed E-state index contributed by atoms with van der Waals surface area (Å²) < 4.78 is 0. The van der Waals surface area contributed by atoms with E-state index in [9.17, 15) is 9.59 Å². The minimum Gasteiger partial charge on any atom is -0.354 e. The summed E-state index contributed by atoms with van der Waals surface area (Å²) in [6, 6.07) is 9.65. The third-order valence-corrected chi connectivity index (χ3v) is 4.48.